The molecule has 96 valence electrons. The molecule has 19 heavy (non-hydrogen) atoms. The molecular weight excluding hydrogens is 296 g/mol. The van der Waals surface area contributed by atoms with Crippen molar-refractivity contribution in [1.82, 2.24) is 0 Å². The van der Waals surface area contributed by atoms with Crippen LogP contribution in [-0.4, -0.2) is 5.78 Å². The van der Waals surface area contributed by atoms with Crippen molar-refractivity contribution in [1.29, 1.82) is 0 Å². The van der Waals surface area contributed by atoms with E-state index in [9.17, 15) is 4.79 Å². The molecule has 0 amide bonds. The molecule has 2 aliphatic carbocycles. The molecule has 0 unspecified atom stereocenters. The van der Waals surface area contributed by atoms with Gasteiger partial charge in [0, 0.05) is 10.8 Å². The van der Waals surface area contributed by atoms with Gasteiger partial charge in [-0.3, -0.25) is 4.79 Å². The summed E-state index contributed by atoms with van der Waals surface area (Å²) in [5, 5.41) is 0. The predicted octanol–water partition coefficient (Wildman–Crippen LogP) is 3.72. The van der Waals surface area contributed by atoms with Crippen LogP contribution in [0.4, 0.5) is 0 Å². The van der Waals surface area contributed by atoms with E-state index in [1.54, 1.807) is 18.3 Å². The predicted molar refractivity (Wildman–Crippen MR) is 75.4 cm³/mol. The van der Waals surface area contributed by atoms with Gasteiger partial charge in [-0.1, -0.05) is 0 Å². The third-order valence-corrected chi connectivity index (χ3v) is 3.69. The van der Waals surface area contributed by atoms with Crippen molar-refractivity contribution >= 4 is 17.1 Å². The molecule has 1 aromatic rings. The molecule has 2 fully saturated rings. The summed E-state index contributed by atoms with van der Waals surface area (Å²) in [6, 6.07) is 3.88. The van der Waals surface area contributed by atoms with Gasteiger partial charge in [0.1, 0.15) is 0 Å². The van der Waals surface area contributed by atoms with Crippen molar-refractivity contribution in [3.05, 3.63) is 85.6 Å². The van der Waals surface area contributed by atoms with Crippen molar-refractivity contribution in [3.8, 4) is 0 Å². The van der Waals surface area contributed by atoms with Gasteiger partial charge in [-0.25, -0.2) is 0 Å². The van der Waals surface area contributed by atoms with Crippen LogP contribution in [0.15, 0.2) is 12.1 Å². The Morgan fingerprint density at radius 2 is 1.42 bits per heavy atom. The SMILES string of the molecule is CC(=O)c1ccc([C]2[CH][CH][CH][CH]2)s1.[CH]1[CH][CH][CH][CH]1.[Fe+2]. The zero-order chi connectivity index (χ0) is 12.8. The van der Waals surface area contributed by atoms with Gasteiger partial charge in [0.2, 0.25) is 0 Å². The fraction of sp³-hybridized carbons (Fsp3) is 0.0625. The molecule has 0 aliphatic heterocycles. The molecule has 0 aromatic carbocycles. The Morgan fingerprint density at radius 3 is 1.84 bits per heavy atom. The molecule has 0 saturated heterocycles. The average molecular weight is 310 g/mol. The first kappa shape index (κ1) is 16.9. The number of carbonyl (C=O) groups is 1. The van der Waals surface area contributed by atoms with Crippen molar-refractivity contribution in [3.63, 3.8) is 0 Å². The van der Waals surface area contributed by atoms with E-state index in [0.717, 1.165) is 9.75 Å². The summed E-state index contributed by atoms with van der Waals surface area (Å²) < 4.78 is 0. The number of carbonyl (C=O) groups excluding carboxylic acids is 1. The normalized spacial score (nSPS) is 18.6. The van der Waals surface area contributed by atoms with Gasteiger partial charge in [0.15, 0.2) is 5.78 Å². The number of rotatable bonds is 2. The van der Waals surface area contributed by atoms with E-state index in [1.165, 1.54) is 5.92 Å². The Kier molecular flexibility index (Phi) is 7.97. The molecule has 0 atom stereocenters. The fourth-order valence-electron chi connectivity index (χ4n) is 1.54. The first-order valence-corrected chi connectivity index (χ1v) is 6.58. The van der Waals surface area contributed by atoms with Crippen LogP contribution in [0.25, 0.3) is 0 Å². The van der Waals surface area contributed by atoms with Gasteiger partial charge in [-0.05, 0) is 76.8 Å². The van der Waals surface area contributed by atoms with E-state index in [-0.39, 0.29) is 22.9 Å². The van der Waals surface area contributed by atoms with Gasteiger partial charge >= 0.3 is 17.1 Å². The van der Waals surface area contributed by atoms with Crippen LogP contribution in [0.1, 0.15) is 21.5 Å². The van der Waals surface area contributed by atoms with Crippen molar-refractivity contribution in [2.24, 2.45) is 0 Å². The quantitative estimate of drug-likeness (QED) is 0.601. The summed E-state index contributed by atoms with van der Waals surface area (Å²) in [7, 11) is 0. The molecule has 3 heteroatoms. The van der Waals surface area contributed by atoms with E-state index in [1.807, 2.05) is 57.1 Å². The molecule has 1 heterocycles. The third kappa shape index (κ3) is 5.41. The summed E-state index contributed by atoms with van der Waals surface area (Å²) in [6.07, 6.45) is 18.1. The van der Waals surface area contributed by atoms with Gasteiger partial charge in [-0.15, -0.1) is 11.3 Å². The summed E-state index contributed by atoms with van der Waals surface area (Å²) >= 11 is 1.55. The molecule has 0 bridgehead atoms. The van der Waals surface area contributed by atoms with E-state index >= 15 is 0 Å². The number of Topliss-reactive ketones (excluding diaryl/α,β-unsaturated/α-hetero) is 1. The minimum absolute atomic E-state index is 0. The largest absolute Gasteiger partial charge is 2.00 e. The first-order chi connectivity index (χ1) is 8.77. The molecule has 3 rings (SSSR count). The number of ketones is 1. The maximum Gasteiger partial charge on any atom is 2.00 e. The molecule has 2 saturated carbocycles. The van der Waals surface area contributed by atoms with Crippen molar-refractivity contribution in [2.45, 2.75) is 6.92 Å². The van der Waals surface area contributed by atoms with E-state index < -0.39 is 0 Å². The van der Waals surface area contributed by atoms with Crippen LogP contribution in [0, 0.1) is 63.7 Å². The van der Waals surface area contributed by atoms with Crippen LogP contribution >= 0.6 is 11.3 Å². The summed E-state index contributed by atoms with van der Waals surface area (Å²) in [5.41, 5.74) is 0. The Morgan fingerprint density at radius 1 is 0.895 bits per heavy atom. The van der Waals surface area contributed by atoms with Crippen molar-refractivity contribution < 1.29 is 21.9 Å². The molecular formula is C16H14FeOS+2. The molecule has 2 aliphatic rings. The zero-order valence-corrected chi connectivity index (χ0v) is 12.4. The fourth-order valence-corrected chi connectivity index (χ4v) is 2.45. The maximum absolute atomic E-state index is 11.0. The Labute approximate surface area is 131 Å². The summed E-state index contributed by atoms with van der Waals surface area (Å²) in [4.78, 5) is 13.0. The monoisotopic (exact) mass is 310 g/mol. The second-order valence-corrected chi connectivity index (χ2v) is 4.94. The molecule has 1 aromatic heterocycles. The molecule has 10 radical (unpaired) electrons. The van der Waals surface area contributed by atoms with Gasteiger partial charge in [-0.2, -0.15) is 0 Å². The smallest absolute Gasteiger partial charge is 0.294 e. The van der Waals surface area contributed by atoms with Crippen LogP contribution in [0.5, 0.6) is 0 Å². The minimum atomic E-state index is 0. The van der Waals surface area contributed by atoms with Crippen LogP contribution < -0.4 is 0 Å². The van der Waals surface area contributed by atoms with E-state index in [0.29, 0.717) is 0 Å². The number of hydrogen-bond donors (Lipinski definition) is 0. The zero-order valence-electron chi connectivity index (χ0n) is 10.5. The van der Waals surface area contributed by atoms with E-state index in [2.05, 4.69) is 12.8 Å². The van der Waals surface area contributed by atoms with Crippen molar-refractivity contribution in [2.75, 3.05) is 0 Å². The Bertz CT molecular complexity index is 368. The second kappa shape index (κ2) is 8.94. The Balaban J connectivity index is 0.000000256. The Hall–Kier alpha value is -0.111. The van der Waals surface area contributed by atoms with Gasteiger partial charge in [0.05, 0.1) is 4.88 Å². The average Bonchev–Trinajstić information content (AvgIpc) is 3.14. The number of hydrogen-bond acceptors (Lipinski definition) is 2. The van der Waals surface area contributed by atoms with Crippen LogP contribution in [0.2, 0.25) is 0 Å². The first-order valence-electron chi connectivity index (χ1n) is 5.77. The van der Waals surface area contributed by atoms with Gasteiger partial charge < -0.3 is 0 Å². The second-order valence-electron chi connectivity index (χ2n) is 3.86. The third-order valence-electron chi connectivity index (χ3n) is 2.46. The summed E-state index contributed by atoms with van der Waals surface area (Å²) in [6.45, 7) is 1.60. The maximum atomic E-state index is 11.0. The molecule has 0 N–H and O–H groups in total. The standard InChI is InChI=1S/C11H9OS.C5H5.Fe/c1-8(12)10-6-7-11(13-10)9-4-2-3-5-9;1-2-4-5-3-1;/h2-7H,1H3;1-5H;/q;;+2. The van der Waals surface area contributed by atoms with Gasteiger partial charge in [0.25, 0.3) is 0 Å². The minimum Gasteiger partial charge on any atom is -0.294 e. The summed E-state index contributed by atoms with van der Waals surface area (Å²) in [5.74, 6) is 1.33. The van der Waals surface area contributed by atoms with E-state index in [4.69, 9.17) is 0 Å². The molecule has 0 spiro atoms. The molecule has 1 nitrogen and oxygen atoms in total. The van der Waals surface area contributed by atoms with Crippen LogP contribution in [-0.2, 0) is 17.1 Å². The van der Waals surface area contributed by atoms with Crippen LogP contribution in [0.3, 0.4) is 0 Å². The number of thiophene rings is 1. The topological polar surface area (TPSA) is 17.1 Å².